The van der Waals surface area contributed by atoms with Crippen molar-refractivity contribution >= 4 is 5.69 Å². The number of nitro groups is 1. The lowest BCUT2D eigenvalue weighted by molar-refractivity contribution is -0.384. The van der Waals surface area contributed by atoms with E-state index in [1.54, 1.807) is 12.1 Å². The van der Waals surface area contributed by atoms with Crippen LogP contribution >= 0.6 is 0 Å². The van der Waals surface area contributed by atoms with Crippen molar-refractivity contribution in [1.82, 2.24) is 0 Å². The van der Waals surface area contributed by atoms with Crippen LogP contribution in [0.3, 0.4) is 0 Å². The van der Waals surface area contributed by atoms with E-state index in [4.69, 9.17) is 5.26 Å². The molecule has 5 heteroatoms. The summed E-state index contributed by atoms with van der Waals surface area (Å²) in [6.45, 7) is 0. The van der Waals surface area contributed by atoms with Gasteiger partial charge in [-0.15, -0.1) is 0 Å². The average molecular weight is 268 g/mol. The molecule has 0 bridgehead atoms. The van der Waals surface area contributed by atoms with Crippen LogP contribution in [0, 0.1) is 21.4 Å². The molecule has 1 atom stereocenters. The molecular formula is C15H12N2O3. The predicted octanol–water partition coefficient (Wildman–Crippen LogP) is 2.74. The molecular weight excluding hydrogens is 256 g/mol. The van der Waals surface area contributed by atoms with Gasteiger partial charge >= 0.3 is 0 Å². The Hall–Kier alpha value is -2.71. The molecule has 2 aromatic carbocycles. The van der Waals surface area contributed by atoms with Crippen LogP contribution in [0.25, 0.3) is 0 Å². The van der Waals surface area contributed by atoms with E-state index in [0.717, 1.165) is 5.56 Å². The van der Waals surface area contributed by atoms with Crippen molar-refractivity contribution in [2.75, 3.05) is 0 Å². The Morgan fingerprint density at radius 3 is 2.55 bits per heavy atom. The van der Waals surface area contributed by atoms with Crippen LogP contribution in [0.15, 0.2) is 48.5 Å². The Labute approximate surface area is 115 Å². The quantitative estimate of drug-likeness (QED) is 0.682. The van der Waals surface area contributed by atoms with Crippen LogP contribution in [-0.2, 0) is 6.42 Å². The molecule has 100 valence electrons. The van der Waals surface area contributed by atoms with Crippen LogP contribution in [0.5, 0.6) is 0 Å². The van der Waals surface area contributed by atoms with Crippen LogP contribution in [0.4, 0.5) is 5.69 Å². The maximum absolute atomic E-state index is 10.7. The largest absolute Gasteiger partial charge is 0.388 e. The van der Waals surface area contributed by atoms with Crippen LogP contribution < -0.4 is 0 Å². The van der Waals surface area contributed by atoms with Gasteiger partial charge in [-0.05, 0) is 11.1 Å². The van der Waals surface area contributed by atoms with E-state index < -0.39 is 11.0 Å². The summed E-state index contributed by atoms with van der Waals surface area (Å²) in [5.74, 6) is 0. The zero-order chi connectivity index (χ0) is 14.5. The van der Waals surface area contributed by atoms with Gasteiger partial charge in [0.2, 0.25) is 0 Å². The number of benzene rings is 2. The third kappa shape index (κ3) is 2.99. The summed E-state index contributed by atoms with van der Waals surface area (Å²) in [4.78, 5) is 10.1. The van der Waals surface area contributed by atoms with Gasteiger partial charge in [-0.3, -0.25) is 10.1 Å². The third-order valence-corrected chi connectivity index (χ3v) is 3.02. The number of nitriles is 1. The minimum absolute atomic E-state index is 0.125. The molecule has 20 heavy (non-hydrogen) atoms. The molecule has 2 aromatic rings. The zero-order valence-corrected chi connectivity index (χ0v) is 10.6. The number of hydrogen-bond acceptors (Lipinski definition) is 4. The van der Waals surface area contributed by atoms with Crippen molar-refractivity contribution in [2.45, 2.75) is 12.5 Å². The first kappa shape index (κ1) is 13.7. The maximum atomic E-state index is 10.7. The summed E-state index contributed by atoms with van der Waals surface area (Å²) in [6, 6.07) is 15.1. The maximum Gasteiger partial charge on any atom is 0.270 e. The number of aliphatic hydroxyl groups is 1. The molecule has 0 aliphatic heterocycles. The highest BCUT2D eigenvalue weighted by atomic mass is 16.6. The second-order valence-electron chi connectivity index (χ2n) is 4.34. The second kappa shape index (κ2) is 5.95. The monoisotopic (exact) mass is 268 g/mol. The molecule has 0 aliphatic rings. The third-order valence-electron chi connectivity index (χ3n) is 3.02. The summed E-state index contributed by atoms with van der Waals surface area (Å²) in [5.41, 5.74) is 1.43. The molecule has 0 aliphatic carbocycles. The molecule has 5 nitrogen and oxygen atoms in total. The Bertz CT molecular complexity index is 663. The second-order valence-corrected chi connectivity index (χ2v) is 4.34. The average Bonchev–Trinajstić information content (AvgIpc) is 2.48. The van der Waals surface area contributed by atoms with Gasteiger partial charge in [0, 0.05) is 18.6 Å². The first-order chi connectivity index (χ1) is 9.61. The van der Waals surface area contributed by atoms with Crippen molar-refractivity contribution in [3.63, 3.8) is 0 Å². The van der Waals surface area contributed by atoms with E-state index >= 15 is 0 Å². The number of non-ortho nitro benzene ring substituents is 1. The lowest BCUT2D eigenvalue weighted by Crippen LogP contribution is -2.03. The molecule has 0 aromatic heterocycles. The summed E-state index contributed by atoms with van der Waals surface area (Å²) < 4.78 is 0. The highest BCUT2D eigenvalue weighted by Crippen LogP contribution is 2.23. The van der Waals surface area contributed by atoms with Crippen LogP contribution in [0.1, 0.15) is 22.8 Å². The van der Waals surface area contributed by atoms with Crippen molar-refractivity contribution in [1.29, 1.82) is 5.26 Å². The SMILES string of the molecule is N#Cc1cc([N+](=O)[O-])ccc1CC(O)c1ccccc1. The Morgan fingerprint density at radius 2 is 1.95 bits per heavy atom. The van der Waals surface area contributed by atoms with E-state index in [9.17, 15) is 15.2 Å². The lowest BCUT2D eigenvalue weighted by Gasteiger charge is -2.11. The first-order valence-electron chi connectivity index (χ1n) is 6.02. The van der Waals surface area contributed by atoms with Gasteiger partial charge in [0.1, 0.15) is 0 Å². The fourth-order valence-electron chi connectivity index (χ4n) is 1.96. The topological polar surface area (TPSA) is 87.2 Å². The standard InChI is InChI=1S/C15H12N2O3/c16-10-13-8-14(17(19)20)7-6-12(13)9-15(18)11-4-2-1-3-5-11/h1-8,15,18H,9H2. The molecule has 2 rings (SSSR count). The fourth-order valence-corrected chi connectivity index (χ4v) is 1.96. The van der Waals surface area contributed by atoms with Crippen LogP contribution in [0.2, 0.25) is 0 Å². The van der Waals surface area contributed by atoms with Gasteiger partial charge in [-0.2, -0.15) is 5.26 Å². The number of nitro benzene ring substituents is 1. The number of nitrogens with zero attached hydrogens (tertiary/aromatic N) is 2. The lowest BCUT2D eigenvalue weighted by atomic mass is 9.97. The van der Waals surface area contributed by atoms with Gasteiger partial charge in [0.05, 0.1) is 22.7 Å². The molecule has 0 saturated heterocycles. The van der Waals surface area contributed by atoms with Gasteiger partial charge in [-0.25, -0.2) is 0 Å². The van der Waals surface area contributed by atoms with E-state index in [-0.39, 0.29) is 17.7 Å². The highest BCUT2D eigenvalue weighted by molar-refractivity contribution is 5.46. The van der Waals surface area contributed by atoms with Crippen molar-refractivity contribution in [3.05, 3.63) is 75.3 Å². The summed E-state index contributed by atoms with van der Waals surface area (Å²) in [5, 5.41) is 29.9. The molecule has 0 fully saturated rings. The molecule has 1 unspecified atom stereocenters. The molecule has 0 amide bonds. The summed E-state index contributed by atoms with van der Waals surface area (Å²) in [7, 11) is 0. The molecule has 0 radical (unpaired) electrons. The molecule has 1 N–H and O–H groups in total. The van der Waals surface area contributed by atoms with Crippen molar-refractivity contribution in [3.8, 4) is 6.07 Å². The van der Waals surface area contributed by atoms with E-state index in [1.165, 1.54) is 18.2 Å². The molecule has 0 spiro atoms. The number of aliphatic hydroxyl groups excluding tert-OH is 1. The Morgan fingerprint density at radius 1 is 1.25 bits per heavy atom. The Kier molecular flexibility index (Phi) is 4.08. The zero-order valence-electron chi connectivity index (χ0n) is 10.6. The van der Waals surface area contributed by atoms with E-state index in [2.05, 4.69) is 0 Å². The van der Waals surface area contributed by atoms with Gasteiger partial charge in [0.25, 0.3) is 5.69 Å². The molecule has 0 heterocycles. The highest BCUT2D eigenvalue weighted by Gasteiger charge is 2.14. The minimum Gasteiger partial charge on any atom is -0.388 e. The predicted molar refractivity (Wildman–Crippen MR) is 72.9 cm³/mol. The van der Waals surface area contributed by atoms with E-state index in [1.807, 2.05) is 24.3 Å². The van der Waals surface area contributed by atoms with Crippen LogP contribution in [-0.4, -0.2) is 10.0 Å². The van der Waals surface area contributed by atoms with E-state index in [0.29, 0.717) is 5.56 Å². The fraction of sp³-hybridized carbons (Fsp3) is 0.133. The normalized spacial score (nSPS) is 11.6. The summed E-state index contributed by atoms with van der Waals surface area (Å²) >= 11 is 0. The summed E-state index contributed by atoms with van der Waals surface area (Å²) in [6.07, 6.45) is -0.505. The molecule has 0 saturated carbocycles. The van der Waals surface area contributed by atoms with Gasteiger partial charge in [0.15, 0.2) is 0 Å². The number of rotatable bonds is 4. The number of hydrogen-bond donors (Lipinski definition) is 1. The van der Waals surface area contributed by atoms with Gasteiger partial charge in [-0.1, -0.05) is 36.4 Å². The first-order valence-corrected chi connectivity index (χ1v) is 6.02. The Balaban J connectivity index is 2.26. The minimum atomic E-state index is -0.746. The van der Waals surface area contributed by atoms with Gasteiger partial charge < -0.3 is 5.11 Å². The van der Waals surface area contributed by atoms with Crippen molar-refractivity contribution < 1.29 is 10.0 Å². The van der Waals surface area contributed by atoms with Crippen molar-refractivity contribution in [2.24, 2.45) is 0 Å². The smallest absolute Gasteiger partial charge is 0.270 e.